The quantitative estimate of drug-likeness (QED) is 0.610. The van der Waals surface area contributed by atoms with Crippen LogP contribution < -0.4 is 0 Å². The average molecular weight is 316 g/mol. The molecule has 0 saturated heterocycles. The fraction of sp³-hybridized carbons (Fsp3) is 0.227. The van der Waals surface area contributed by atoms with Gasteiger partial charge in [-0.05, 0) is 41.5 Å². The van der Waals surface area contributed by atoms with E-state index >= 15 is 0 Å². The summed E-state index contributed by atoms with van der Waals surface area (Å²) in [6, 6.07) is 20.7. The lowest BCUT2D eigenvalue weighted by Gasteiger charge is -2.26. The minimum absolute atomic E-state index is 0.0469. The molecule has 2 heteroatoms. The van der Waals surface area contributed by atoms with E-state index in [1.807, 2.05) is 24.3 Å². The highest BCUT2D eigenvalue weighted by Crippen LogP contribution is 2.40. The predicted molar refractivity (Wildman–Crippen MR) is 96.8 cm³/mol. The van der Waals surface area contributed by atoms with E-state index in [1.54, 1.807) is 0 Å². The molecule has 1 atom stereocenters. The van der Waals surface area contributed by atoms with E-state index in [4.69, 9.17) is 11.2 Å². The Labute approximate surface area is 143 Å². The molecule has 3 rings (SSSR count). The van der Waals surface area contributed by atoms with E-state index in [2.05, 4.69) is 42.3 Å². The van der Waals surface area contributed by atoms with Crippen molar-refractivity contribution in [1.29, 1.82) is 0 Å². The lowest BCUT2D eigenvalue weighted by molar-refractivity contribution is -0.147. The van der Waals surface area contributed by atoms with E-state index in [-0.39, 0.29) is 18.5 Å². The van der Waals surface area contributed by atoms with Gasteiger partial charge in [0.15, 0.2) is 6.61 Å². The first-order valence-electron chi connectivity index (χ1n) is 8.22. The molecule has 120 valence electrons. The van der Waals surface area contributed by atoms with Gasteiger partial charge < -0.3 is 4.74 Å². The first kappa shape index (κ1) is 16.1. The Balaban J connectivity index is 1.95. The number of hydrogen-bond acceptors (Lipinski definition) is 2. The Morgan fingerprint density at radius 3 is 2.17 bits per heavy atom. The van der Waals surface area contributed by atoms with Crippen molar-refractivity contribution in [2.24, 2.45) is 5.92 Å². The highest BCUT2D eigenvalue weighted by Gasteiger charge is 2.28. The first-order valence-corrected chi connectivity index (χ1v) is 8.22. The molecule has 0 spiro atoms. The molecule has 1 unspecified atom stereocenters. The van der Waals surface area contributed by atoms with E-state index in [0.717, 1.165) is 12.8 Å². The van der Waals surface area contributed by atoms with Crippen LogP contribution in [0.1, 0.15) is 30.4 Å². The third-order valence-electron chi connectivity index (χ3n) is 4.43. The summed E-state index contributed by atoms with van der Waals surface area (Å²) < 4.78 is 5.16. The van der Waals surface area contributed by atoms with Gasteiger partial charge in [-0.3, -0.25) is 4.79 Å². The highest BCUT2D eigenvalue weighted by molar-refractivity contribution is 5.93. The van der Waals surface area contributed by atoms with E-state index in [9.17, 15) is 4.79 Å². The second-order valence-corrected chi connectivity index (χ2v) is 5.94. The third-order valence-corrected chi connectivity index (χ3v) is 4.43. The lowest BCUT2D eigenvalue weighted by atomic mass is 9.78. The van der Waals surface area contributed by atoms with E-state index in [0.29, 0.717) is 6.42 Å². The number of carbonyl (C=O) groups is 1. The third kappa shape index (κ3) is 3.58. The van der Waals surface area contributed by atoms with Crippen molar-refractivity contribution in [1.82, 2.24) is 0 Å². The van der Waals surface area contributed by atoms with E-state index in [1.165, 1.54) is 22.3 Å². The van der Waals surface area contributed by atoms with Crippen LogP contribution in [0, 0.1) is 18.3 Å². The monoisotopic (exact) mass is 316 g/mol. The highest BCUT2D eigenvalue weighted by atomic mass is 16.5. The predicted octanol–water partition coefficient (Wildman–Crippen LogP) is 4.57. The zero-order valence-electron chi connectivity index (χ0n) is 13.6. The molecular weight excluding hydrogens is 296 g/mol. The zero-order valence-corrected chi connectivity index (χ0v) is 13.6. The molecule has 24 heavy (non-hydrogen) atoms. The maximum atomic E-state index is 12.2. The molecule has 0 amide bonds. The van der Waals surface area contributed by atoms with Crippen molar-refractivity contribution >= 4 is 17.1 Å². The Hall–Kier alpha value is -2.79. The number of rotatable bonds is 4. The van der Waals surface area contributed by atoms with Crippen LogP contribution in [-0.4, -0.2) is 12.6 Å². The van der Waals surface area contributed by atoms with Crippen LogP contribution in [-0.2, 0) is 9.53 Å². The SMILES string of the molecule is C#CCOC(=O)C1CCC(c2ccccc2)=C(c2ccccc2)C1. The maximum absolute atomic E-state index is 12.2. The molecule has 0 N–H and O–H groups in total. The van der Waals surface area contributed by atoms with Crippen molar-refractivity contribution in [3.05, 3.63) is 71.8 Å². The fourth-order valence-electron chi connectivity index (χ4n) is 3.26. The number of benzene rings is 2. The van der Waals surface area contributed by atoms with Crippen molar-refractivity contribution in [2.75, 3.05) is 6.61 Å². The molecule has 0 bridgehead atoms. The standard InChI is InChI=1S/C22H20O2/c1-2-15-24-22(23)19-13-14-20(17-9-5-3-6-10-17)21(16-19)18-11-7-4-8-12-18/h1,3-12,19H,13-16H2. The molecule has 2 aromatic rings. The minimum Gasteiger partial charge on any atom is -0.452 e. The summed E-state index contributed by atoms with van der Waals surface area (Å²) in [7, 11) is 0. The van der Waals surface area contributed by atoms with Gasteiger partial charge >= 0.3 is 5.97 Å². The molecule has 0 aromatic heterocycles. The molecule has 0 saturated carbocycles. The van der Waals surface area contributed by atoms with Crippen LogP contribution in [0.2, 0.25) is 0 Å². The summed E-state index contributed by atoms with van der Waals surface area (Å²) in [4.78, 5) is 12.2. The minimum atomic E-state index is -0.187. The van der Waals surface area contributed by atoms with Gasteiger partial charge in [0.1, 0.15) is 0 Å². The maximum Gasteiger partial charge on any atom is 0.310 e. The van der Waals surface area contributed by atoms with Crippen LogP contribution in [0.15, 0.2) is 60.7 Å². The number of hydrogen-bond donors (Lipinski definition) is 0. The topological polar surface area (TPSA) is 26.3 Å². The average Bonchev–Trinajstić information content (AvgIpc) is 2.67. The molecule has 1 aliphatic rings. The van der Waals surface area contributed by atoms with Crippen LogP contribution in [0.3, 0.4) is 0 Å². The van der Waals surface area contributed by atoms with Gasteiger partial charge in [-0.2, -0.15) is 0 Å². The summed E-state index contributed by atoms with van der Waals surface area (Å²) >= 11 is 0. The Morgan fingerprint density at radius 2 is 1.58 bits per heavy atom. The molecule has 1 aliphatic carbocycles. The van der Waals surface area contributed by atoms with Crippen LogP contribution in [0.4, 0.5) is 0 Å². The summed E-state index contributed by atoms with van der Waals surface area (Å²) in [5, 5.41) is 0. The number of terminal acetylenes is 1. The van der Waals surface area contributed by atoms with Crippen molar-refractivity contribution in [3.8, 4) is 12.3 Å². The second kappa shape index (κ2) is 7.66. The number of ether oxygens (including phenoxy) is 1. The zero-order chi connectivity index (χ0) is 16.8. The summed E-state index contributed by atoms with van der Waals surface area (Å²) in [6.07, 6.45) is 7.54. The Bertz CT molecular complexity index is 767. The molecule has 2 nitrogen and oxygen atoms in total. The molecule has 0 aliphatic heterocycles. The fourth-order valence-corrected chi connectivity index (χ4v) is 3.26. The smallest absolute Gasteiger partial charge is 0.310 e. The second-order valence-electron chi connectivity index (χ2n) is 5.94. The normalized spacial score (nSPS) is 17.2. The largest absolute Gasteiger partial charge is 0.452 e. The summed E-state index contributed by atoms with van der Waals surface area (Å²) in [6.45, 7) is 0.0469. The van der Waals surface area contributed by atoms with Crippen molar-refractivity contribution < 1.29 is 9.53 Å². The summed E-state index contributed by atoms with van der Waals surface area (Å²) in [5.74, 6) is 2.05. The van der Waals surface area contributed by atoms with Crippen LogP contribution in [0.5, 0.6) is 0 Å². The molecule has 0 heterocycles. The Morgan fingerprint density at radius 1 is 1.00 bits per heavy atom. The molecule has 0 radical (unpaired) electrons. The van der Waals surface area contributed by atoms with Crippen molar-refractivity contribution in [2.45, 2.75) is 19.3 Å². The Kier molecular flexibility index (Phi) is 5.13. The number of esters is 1. The molecule has 2 aromatic carbocycles. The van der Waals surface area contributed by atoms with Crippen LogP contribution in [0.25, 0.3) is 11.1 Å². The van der Waals surface area contributed by atoms with Gasteiger partial charge in [-0.25, -0.2) is 0 Å². The van der Waals surface area contributed by atoms with Gasteiger partial charge in [0.05, 0.1) is 5.92 Å². The number of allylic oxidation sites excluding steroid dienone is 2. The molecule has 0 fully saturated rings. The van der Waals surface area contributed by atoms with Gasteiger partial charge in [-0.1, -0.05) is 66.6 Å². The van der Waals surface area contributed by atoms with Gasteiger partial charge in [0, 0.05) is 0 Å². The van der Waals surface area contributed by atoms with Gasteiger partial charge in [0.25, 0.3) is 0 Å². The van der Waals surface area contributed by atoms with E-state index < -0.39 is 0 Å². The number of carbonyl (C=O) groups excluding carboxylic acids is 1. The van der Waals surface area contributed by atoms with Crippen molar-refractivity contribution in [3.63, 3.8) is 0 Å². The lowest BCUT2D eigenvalue weighted by Crippen LogP contribution is -2.21. The van der Waals surface area contributed by atoms with Gasteiger partial charge in [-0.15, -0.1) is 6.42 Å². The first-order chi connectivity index (χ1) is 11.8. The molecular formula is C22H20O2. The van der Waals surface area contributed by atoms with Gasteiger partial charge in [0.2, 0.25) is 0 Å². The van der Waals surface area contributed by atoms with Crippen LogP contribution >= 0.6 is 0 Å². The summed E-state index contributed by atoms with van der Waals surface area (Å²) in [5.41, 5.74) is 4.95.